The largest absolute Gasteiger partial charge is 0.326 e. The molecule has 0 aliphatic rings. The van der Waals surface area contributed by atoms with E-state index in [2.05, 4.69) is 34.1 Å². The fourth-order valence-corrected chi connectivity index (χ4v) is 1.98. The Labute approximate surface area is 97.8 Å². The van der Waals surface area contributed by atoms with E-state index in [0.29, 0.717) is 6.54 Å². The third-order valence-corrected chi connectivity index (χ3v) is 2.87. The second-order valence-electron chi connectivity index (χ2n) is 2.96. The van der Waals surface area contributed by atoms with Gasteiger partial charge in [0.15, 0.2) is 0 Å². The van der Waals surface area contributed by atoms with Crippen LogP contribution in [0.5, 0.6) is 0 Å². The van der Waals surface area contributed by atoms with Crippen molar-refractivity contribution >= 4 is 39.1 Å². The number of nitrogens with two attached hydrogens (primary N) is 1. The van der Waals surface area contributed by atoms with Gasteiger partial charge in [-0.05, 0) is 22.4 Å². The van der Waals surface area contributed by atoms with E-state index in [4.69, 9.17) is 5.73 Å². The van der Waals surface area contributed by atoms with Crippen LogP contribution in [-0.4, -0.2) is 0 Å². The number of fused-ring (bicyclic) bond motifs is 1. The summed E-state index contributed by atoms with van der Waals surface area (Å²) in [5, 5.41) is 2.46. The Morgan fingerprint density at radius 3 is 2.29 bits per heavy atom. The van der Waals surface area contributed by atoms with Crippen LogP contribution in [0, 0.1) is 0 Å². The van der Waals surface area contributed by atoms with E-state index in [1.807, 2.05) is 18.2 Å². The standard InChI is InChI=1S/C11H10BrN.ClH/c12-11-6-5-8(7-13)9-3-1-2-4-10(9)11;/h1-6H,7,13H2;1H. The topological polar surface area (TPSA) is 26.0 Å². The first-order chi connectivity index (χ1) is 6.33. The summed E-state index contributed by atoms with van der Waals surface area (Å²) in [6.45, 7) is 0.591. The van der Waals surface area contributed by atoms with Gasteiger partial charge in [-0.3, -0.25) is 0 Å². The smallest absolute Gasteiger partial charge is 0.0253 e. The van der Waals surface area contributed by atoms with E-state index in [-0.39, 0.29) is 12.4 Å². The van der Waals surface area contributed by atoms with E-state index >= 15 is 0 Å². The maximum atomic E-state index is 5.65. The predicted molar refractivity (Wildman–Crippen MR) is 66.8 cm³/mol. The molecule has 2 N–H and O–H groups in total. The summed E-state index contributed by atoms with van der Waals surface area (Å²) in [6.07, 6.45) is 0. The van der Waals surface area contributed by atoms with Gasteiger partial charge in [0.2, 0.25) is 0 Å². The van der Waals surface area contributed by atoms with Crippen molar-refractivity contribution in [2.75, 3.05) is 0 Å². The molecule has 0 bridgehead atoms. The Balaban J connectivity index is 0.000000980. The van der Waals surface area contributed by atoms with Crippen molar-refractivity contribution in [3.63, 3.8) is 0 Å². The SMILES string of the molecule is Cl.NCc1ccc(Br)c2ccccc12. The third-order valence-electron chi connectivity index (χ3n) is 2.18. The molecule has 0 saturated heterocycles. The highest BCUT2D eigenvalue weighted by Crippen LogP contribution is 2.26. The summed E-state index contributed by atoms with van der Waals surface area (Å²) >= 11 is 3.52. The summed E-state index contributed by atoms with van der Waals surface area (Å²) in [7, 11) is 0. The van der Waals surface area contributed by atoms with Crippen LogP contribution in [0.25, 0.3) is 10.8 Å². The van der Waals surface area contributed by atoms with Gasteiger partial charge in [-0.25, -0.2) is 0 Å². The van der Waals surface area contributed by atoms with Crippen LogP contribution in [0.15, 0.2) is 40.9 Å². The first kappa shape index (κ1) is 11.5. The zero-order chi connectivity index (χ0) is 9.26. The quantitative estimate of drug-likeness (QED) is 0.845. The summed E-state index contributed by atoms with van der Waals surface area (Å²) < 4.78 is 1.13. The van der Waals surface area contributed by atoms with Crippen LogP contribution in [0.4, 0.5) is 0 Å². The molecule has 0 aliphatic carbocycles. The molecule has 0 aromatic heterocycles. The first-order valence-corrected chi connectivity index (χ1v) is 4.98. The molecule has 1 nitrogen and oxygen atoms in total. The van der Waals surface area contributed by atoms with Gasteiger partial charge in [0.05, 0.1) is 0 Å². The maximum Gasteiger partial charge on any atom is 0.0253 e. The minimum Gasteiger partial charge on any atom is -0.326 e. The van der Waals surface area contributed by atoms with Crippen LogP contribution in [0.3, 0.4) is 0 Å². The minimum absolute atomic E-state index is 0. The van der Waals surface area contributed by atoms with Crippen LogP contribution in [-0.2, 0) is 6.54 Å². The van der Waals surface area contributed by atoms with E-state index in [9.17, 15) is 0 Å². The van der Waals surface area contributed by atoms with Crippen molar-refractivity contribution < 1.29 is 0 Å². The molecule has 0 fully saturated rings. The first-order valence-electron chi connectivity index (χ1n) is 4.19. The minimum atomic E-state index is 0. The lowest BCUT2D eigenvalue weighted by molar-refractivity contribution is 1.09. The zero-order valence-electron chi connectivity index (χ0n) is 7.53. The van der Waals surface area contributed by atoms with Crippen molar-refractivity contribution in [3.8, 4) is 0 Å². The molecule has 14 heavy (non-hydrogen) atoms. The molecule has 0 unspecified atom stereocenters. The normalized spacial score (nSPS) is 9.86. The highest BCUT2D eigenvalue weighted by atomic mass is 79.9. The summed E-state index contributed by atoms with van der Waals surface area (Å²) in [5.74, 6) is 0. The molecular formula is C11H11BrClN. The van der Waals surface area contributed by atoms with Crippen LogP contribution >= 0.6 is 28.3 Å². The summed E-state index contributed by atoms with van der Waals surface area (Å²) in [6, 6.07) is 12.4. The molecule has 2 aromatic carbocycles. The van der Waals surface area contributed by atoms with Crippen molar-refractivity contribution in [2.45, 2.75) is 6.54 Å². The van der Waals surface area contributed by atoms with Crippen LogP contribution in [0.1, 0.15) is 5.56 Å². The lowest BCUT2D eigenvalue weighted by atomic mass is 10.1. The molecule has 0 heterocycles. The van der Waals surface area contributed by atoms with Gasteiger partial charge in [0, 0.05) is 11.0 Å². The van der Waals surface area contributed by atoms with Crippen molar-refractivity contribution in [1.29, 1.82) is 0 Å². The Morgan fingerprint density at radius 1 is 1.00 bits per heavy atom. The Morgan fingerprint density at radius 2 is 1.64 bits per heavy atom. The molecule has 2 aromatic rings. The molecule has 0 amide bonds. The van der Waals surface area contributed by atoms with E-state index < -0.39 is 0 Å². The lowest BCUT2D eigenvalue weighted by Gasteiger charge is -2.05. The van der Waals surface area contributed by atoms with Crippen molar-refractivity contribution in [2.24, 2.45) is 5.73 Å². The second-order valence-corrected chi connectivity index (χ2v) is 3.81. The van der Waals surface area contributed by atoms with Crippen molar-refractivity contribution in [1.82, 2.24) is 0 Å². The van der Waals surface area contributed by atoms with E-state index in [0.717, 1.165) is 4.47 Å². The van der Waals surface area contributed by atoms with Gasteiger partial charge in [-0.15, -0.1) is 12.4 Å². The predicted octanol–water partition coefficient (Wildman–Crippen LogP) is 3.48. The molecule has 0 atom stereocenters. The average Bonchev–Trinajstić information content (AvgIpc) is 2.19. The van der Waals surface area contributed by atoms with Crippen LogP contribution < -0.4 is 5.73 Å². The third kappa shape index (κ3) is 1.92. The molecule has 0 spiro atoms. The Bertz CT molecular complexity index is 442. The van der Waals surface area contributed by atoms with E-state index in [1.54, 1.807) is 0 Å². The lowest BCUT2D eigenvalue weighted by Crippen LogP contribution is -1.96. The van der Waals surface area contributed by atoms with Gasteiger partial charge in [0.1, 0.15) is 0 Å². The highest BCUT2D eigenvalue weighted by molar-refractivity contribution is 9.10. The number of benzene rings is 2. The highest BCUT2D eigenvalue weighted by Gasteiger charge is 2.01. The summed E-state index contributed by atoms with van der Waals surface area (Å²) in [5.41, 5.74) is 6.84. The molecule has 0 radical (unpaired) electrons. The average molecular weight is 273 g/mol. The van der Waals surface area contributed by atoms with Gasteiger partial charge in [-0.1, -0.05) is 46.3 Å². The maximum absolute atomic E-state index is 5.65. The van der Waals surface area contributed by atoms with Gasteiger partial charge >= 0.3 is 0 Å². The van der Waals surface area contributed by atoms with Crippen LogP contribution in [0.2, 0.25) is 0 Å². The fraction of sp³-hybridized carbons (Fsp3) is 0.0909. The zero-order valence-corrected chi connectivity index (χ0v) is 9.94. The molecule has 3 heteroatoms. The van der Waals surface area contributed by atoms with Gasteiger partial charge in [-0.2, -0.15) is 0 Å². The Kier molecular flexibility index (Phi) is 3.93. The molecular weight excluding hydrogens is 261 g/mol. The monoisotopic (exact) mass is 271 g/mol. The van der Waals surface area contributed by atoms with E-state index in [1.165, 1.54) is 16.3 Å². The number of hydrogen-bond acceptors (Lipinski definition) is 1. The fourth-order valence-electron chi connectivity index (χ4n) is 1.50. The van der Waals surface area contributed by atoms with Gasteiger partial charge < -0.3 is 5.73 Å². The molecule has 0 saturated carbocycles. The molecule has 0 aliphatic heterocycles. The summed E-state index contributed by atoms with van der Waals surface area (Å²) in [4.78, 5) is 0. The second kappa shape index (κ2) is 4.78. The van der Waals surface area contributed by atoms with Crippen molar-refractivity contribution in [3.05, 3.63) is 46.4 Å². The number of rotatable bonds is 1. The number of hydrogen-bond donors (Lipinski definition) is 1. The molecule has 74 valence electrons. The van der Waals surface area contributed by atoms with Gasteiger partial charge in [0.25, 0.3) is 0 Å². The molecule has 2 rings (SSSR count). The number of halogens is 2. The Hall–Kier alpha value is -0.570.